The molecule has 1 rings (SSSR count). The van der Waals surface area contributed by atoms with Crippen LogP contribution in [0.1, 0.15) is 59.9 Å². The van der Waals surface area contributed by atoms with Crippen LogP contribution in [0.2, 0.25) is 0 Å². The summed E-state index contributed by atoms with van der Waals surface area (Å²) in [6, 6.07) is 10.6. The second kappa shape index (κ2) is 7.11. The summed E-state index contributed by atoms with van der Waals surface area (Å²) in [6.07, 6.45) is 2.95. The minimum Gasteiger partial charge on any atom is -0.459 e. The Bertz CT molecular complexity index is 444. The van der Waals surface area contributed by atoms with Crippen LogP contribution in [0, 0.1) is 11.3 Å². The molecular formula is C19H30O2. The Balaban J connectivity index is 2.53. The highest BCUT2D eigenvalue weighted by Crippen LogP contribution is 2.31. The van der Waals surface area contributed by atoms with Crippen LogP contribution in [0.3, 0.4) is 0 Å². The number of rotatable bonds is 7. The van der Waals surface area contributed by atoms with Crippen molar-refractivity contribution in [1.82, 2.24) is 0 Å². The Hall–Kier alpha value is -1.31. The average Bonchev–Trinajstić information content (AvgIpc) is 2.37. The molecule has 21 heavy (non-hydrogen) atoms. The van der Waals surface area contributed by atoms with E-state index in [2.05, 4.69) is 38.1 Å². The van der Waals surface area contributed by atoms with Gasteiger partial charge >= 0.3 is 5.97 Å². The first-order valence-corrected chi connectivity index (χ1v) is 7.88. The molecule has 0 radical (unpaired) electrons. The molecule has 1 aromatic carbocycles. The zero-order valence-corrected chi connectivity index (χ0v) is 14.4. The van der Waals surface area contributed by atoms with Crippen molar-refractivity contribution in [2.24, 2.45) is 11.3 Å². The summed E-state index contributed by atoms with van der Waals surface area (Å²) in [6.45, 7) is 12.3. The van der Waals surface area contributed by atoms with E-state index in [4.69, 9.17) is 4.74 Å². The predicted octanol–water partition coefficient (Wildman–Crippen LogP) is 5.01. The van der Waals surface area contributed by atoms with E-state index in [0.717, 1.165) is 19.3 Å². The number of esters is 1. The van der Waals surface area contributed by atoms with E-state index in [1.54, 1.807) is 0 Å². The number of hydrogen-bond donors (Lipinski definition) is 0. The van der Waals surface area contributed by atoms with Gasteiger partial charge in [0, 0.05) is 0 Å². The maximum absolute atomic E-state index is 11.8. The van der Waals surface area contributed by atoms with Gasteiger partial charge in [0.15, 0.2) is 0 Å². The van der Waals surface area contributed by atoms with Crippen molar-refractivity contribution in [3.05, 3.63) is 35.9 Å². The molecule has 0 aromatic heterocycles. The summed E-state index contributed by atoms with van der Waals surface area (Å²) >= 11 is 0. The molecule has 0 saturated carbocycles. The zero-order chi connectivity index (χ0) is 16.1. The lowest BCUT2D eigenvalue weighted by molar-refractivity contribution is -0.161. The van der Waals surface area contributed by atoms with Gasteiger partial charge in [-0.3, -0.25) is 4.79 Å². The number of carbonyl (C=O) groups is 1. The molecule has 0 aliphatic heterocycles. The molecule has 0 atom stereocenters. The lowest BCUT2D eigenvalue weighted by Crippen LogP contribution is -2.32. The summed E-state index contributed by atoms with van der Waals surface area (Å²) < 4.78 is 5.61. The monoisotopic (exact) mass is 290 g/mol. The third-order valence-corrected chi connectivity index (χ3v) is 3.78. The Morgan fingerprint density at radius 1 is 1.05 bits per heavy atom. The van der Waals surface area contributed by atoms with Gasteiger partial charge in [0.05, 0.1) is 5.92 Å². The van der Waals surface area contributed by atoms with Crippen LogP contribution < -0.4 is 0 Å². The summed E-state index contributed by atoms with van der Waals surface area (Å²) in [7, 11) is 0. The number of hydrogen-bond acceptors (Lipinski definition) is 2. The normalized spacial score (nSPS) is 12.5. The fourth-order valence-electron chi connectivity index (χ4n) is 2.32. The van der Waals surface area contributed by atoms with E-state index in [9.17, 15) is 4.79 Å². The minimum atomic E-state index is -0.394. The van der Waals surface area contributed by atoms with E-state index in [1.807, 2.05) is 33.8 Å². The largest absolute Gasteiger partial charge is 0.459 e. The molecule has 0 heterocycles. The summed E-state index contributed by atoms with van der Waals surface area (Å²) in [5.74, 6) is -0.178. The van der Waals surface area contributed by atoms with Crippen molar-refractivity contribution in [3.63, 3.8) is 0 Å². The van der Waals surface area contributed by atoms with Crippen LogP contribution in [0.15, 0.2) is 30.3 Å². The summed E-state index contributed by atoms with van der Waals surface area (Å²) in [5, 5.41) is 0. The lowest BCUT2D eigenvalue weighted by Gasteiger charge is -2.31. The first-order chi connectivity index (χ1) is 9.61. The first kappa shape index (κ1) is 17.7. The molecular weight excluding hydrogens is 260 g/mol. The third-order valence-electron chi connectivity index (χ3n) is 3.78. The Morgan fingerprint density at radius 3 is 2.14 bits per heavy atom. The smallest absolute Gasteiger partial charge is 0.308 e. The van der Waals surface area contributed by atoms with Crippen molar-refractivity contribution in [2.75, 3.05) is 0 Å². The quantitative estimate of drug-likeness (QED) is 0.660. The SMILES string of the molecule is CC(C)C(=O)OC(C)(C)CCC(C)(C)Cc1ccccc1. The van der Waals surface area contributed by atoms with Gasteiger partial charge in [-0.25, -0.2) is 0 Å². The van der Waals surface area contributed by atoms with Gasteiger partial charge in [0.25, 0.3) is 0 Å². The van der Waals surface area contributed by atoms with Crippen molar-refractivity contribution < 1.29 is 9.53 Å². The van der Waals surface area contributed by atoms with Crippen LogP contribution in [0.25, 0.3) is 0 Å². The van der Waals surface area contributed by atoms with E-state index >= 15 is 0 Å². The van der Waals surface area contributed by atoms with Crippen LogP contribution in [-0.4, -0.2) is 11.6 Å². The third kappa shape index (κ3) is 6.79. The Labute approximate surface area is 129 Å². The van der Waals surface area contributed by atoms with Crippen LogP contribution >= 0.6 is 0 Å². The average molecular weight is 290 g/mol. The van der Waals surface area contributed by atoms with Gasteiger partial charge in [0.2, 0.25) is 0 Å². The standard InChI is InChI=1S/C19H30O2/c1-15(2)17(20)21-19(5,6)13-12-18(3,4)14-16-10-8-7-9-11-16/h7-11,15H,12-14H2,1-6H3. The van der Waals surface area contributed by atoms with E-state index in [-0.39, 0.29) is 17.3 Å². The molecule has 0 amide bonds. The van der Waals surface area contributed by atoms with Gasteiger partial charge in [-0.2, -0.15) is 0 Å². The summed E-state index contributed by atoms with van der Waals surface area (Å²) in [4.78, 5) is 11.8. The van der Waals surface area contributed by atoms with Crippen molar-refractivity contribution in [2.45, 2.75) is 66.4 Å². The Morgan fingerprint density at radius 2 is 1.62 bits per heavy atom. The first-order valence-electron chi connectivity index (χ1n) is 7.88. The zero-order valence-electron chi connectivity index (χ0n) is 14.4. The molecule has 0 unspecified atom stereocenters. The van der Waals surface area contributed by atoms with Crippen LogP contribution in [-0.2, 0) is 16.0 Å². The summed E-state index contributed by atoms with van der Waals surface area (Å²) in [5.41, 5.74) is 1.16. The molecule has 2 nitrogen and oxygen atoms in total. The highest BCUT2D eigenvalue weighted by molar-refractivity contribution is 5.71. The van der Waals surface area contributed by atoms with Gasteiger partial charge in [-0.1, -0.05) is 58.0 Å². The number of ether oxygens (including phenoxy) is 1. The minimum absolute atomic E-state index is 0.0680. The van der Waals surface area contributed by atoms with Gasteiger partial charge < -0.3 is 4.74 Å². The maximum Gasteiger partial charge on any atom is 0.308 e. The highest BCUT2D eigenvalue weighted by Gasteiger charge is 2.28. The molecule has 0 aliphatic carbocycles. The fourth-order valence-corrected chi connectivity index (χ4v) is 2.32. The predicted molar refractivity (Wildman–Crippen MR) is 88.2 cm³/mol. The number of benzene rings is 1. The molecule has 0 spiro atoms. The second-order valence-electron chi connectivity index (χ2n) is 7.66. The van der Waals surface area contributed by atoms with Crippen LogP contribution in [0.5, 0.6) is 0 Å². The molecule has 0 N–H and O–H groups in total. The van der Waals surface area contributed by atoms with Crippen molar-refractivity contribution in [1.29, 1.82) is 0 Å². The molecule has 0 bridgehead atoms. The second-order valence-corrected chi connectivity index (χ2v) is 7.66. The fraction of sp³-hybridized carbons (Fsp3) is 0.632. The molecule has 2 heteroatoms. The number of carbonyl (C=O) groups excluding carboxylic acids is 1. The molecule has 0 saturated heterocycles. The molecule has 1 aromatic rings. The topological polar surface area (TPSA) is 26.3 Å². The Kier molecular flexibility index (Phi) is 6.00. The molecule has 118 valence electrons. The van der Waals surface area contributed by atoms with Crippen molar-refractivity contribution >= 4 is 5.97 Å². The van der Waals surface area contributed by atoms with Crippen molar-refractivity contribution in [3.8, 4) is 0 Å². The van der Waals surface area contributed by atoms with E-state index in [0.29, 0.717) is 0 Å². The maximum atomic E-state index is 11.8. The van der Waals surface area contributed by atoms with E-state index < -0.39 is 5.60 Å². The van der Waals surface area contributed by atoms with Gasteiger partial charge in [-0.15, -0.1) is 0 Å². The molecule has 0 fully saturated rings. The lowest BCUT2D eigenvalue weighted by atomic mass is 9.79. The molecule has 0 aliphatic rings. The highest BCUT2D eigenvalue weighted by atomic mass is 16.6. The van der Waals surface area contributed by atoms with E-state index in [1.165, 1.54) is 5.56 Å². The van der Waals surface area contributed by atoms with Crippen LogP contribution in [0.4, 0.5) is 0 Å². The van der Waals surface area contributed by atoms with Gasteiger partial charge in [-0.05, 0) is 44.1 Å². The van der Waals surface area contributed by atoms with Gasteiger partial charge in [0.1, 0.15) is 5.60 Å².